The van der Waals surface area contributed by atoms with Crippen molar-refractivity contribution in [2.45, 2.75) is 19.7 Å². The maximum atomic E-state index is 6.08. The van der Waals surface area contributed by atoms with Crippen LogP contribution >= 0.6 is 11.6 Å². The smallest absolute Gasteiger partial charge is 0.215 e. The second-order valence-electron chi connectivity index (χ2n) is 4.91. The first kappa shape index (κ1) is 13.9. The van der Waals surface area contributed by atoms with Crippen molar-refractivity contribution >= 4 is 22.8 Å². The van der Waals surface area contributed by atoms with E-state index in [1.165, 1.54) is 11.1 Å². The fraction of sp³-hybridized carbons (Fsp3) is 0.250. The maximum absolute atomic E-state index is 6.08. The lowest BCUT2D eigenvalue weighted by Gasteiger charge is -2.12. The van der Waals surface area contributed by atoms with Crippen LogP contribution in [-0.4, -0.2) is 21.6 Å². The third-order valence-corrected chi connectivity index (χ3v) is 3.93. The molecule has 0 N–H and O–H groups in total. The average Bonchev–Trinajstić information content (AvgIpc) is 2.87. The molecule has 0 radical (unpaired) electrons. The van der Waals surface area contributed by atoms with E-state index in [1.54, 1.807) is 13.2 Å². The van der Waals surface area contributed by atoms with Crippen molar-refractivity contribution < 1.29 is 4.74 Å². The fourth-order valence-corrected chi connectivity index (χ4v) is 2.60. The van der Waals surface area contributed by atoms with Crippen molar-refractivity contribution in [2.75, 3.05) is 7.11 Å². The first-order valence-corrected chi connectivity index (χ1v) is 7.24. The van der Waals surface area contributed by atoms with Crippen LogP contribution < -0.4 is 4.74 Å². The van der Waals surface area contributed by atoms with Gasteiger partial charge in [0.25, 0.3) is 0 Å². The minimum atomic E-state index is 0.325. The minimum Gasteiger partial charge on any atom is -0.481 e. The molecular formula is C16H16ClN3O. The van der Waals surface area contributed by atoms with Gasteiger partial charge in [-0.1, -0.05) is 12.1 Å². The second-order valence-corrected chi connectivity index (χ2v) is 5.18. The SMILES string of the molecule is COc1ccc2nc(CCl)n(-c3cccc(C)c3C)c2n1. The normalized spacial score (nSPS) is 11.0. The Hall–Kier alpha value is -2.07. The highest BCUT2D eigenvalue weighted by molar-refractivity contribution is 6.17. The first-order valence-electron chi connectivity index (χ1n) is 6.70. The van der Waals surface area contributed by atoms with Crippen LogP contribution in [0, 0.1) is 13.8 Å². The lowest BCUT2D eigenvalue weighted by molar-refractivity contribution is 0.399. The van der Waals surface area contributed by atoms with Crippen LogP contribution in [0.25, 0.3) is 16.9 Å². The van der Waals surface area contributed by atoms with E-state index in [2.05, 4.69) is 35.9 Å². The van der Waals surface area contributed by atoms with E-state index in [1.807, 2.05) is 16.7 Å². The van der Waals surface area contributed by atoms with Gasteiger partial charge in [0, 0.05) is 6.07 Å². The number of hydrogen-bond donors (Lipinski definition) is 0. The van der Waals surface area contributed by atoms with Crippen LogP contribution in [0.4, 0.5) is 0 Å². The van der Waals surface area contributed by atoms with E-state index in [-0.39, 0.29) is 0 Å². The van der Waals surface area contributed by atoms with Gasteiger partial charge in [-0.25, -0.2) is 4.98 Å². The second kappa shape index (κ2) is 5.37. The van der Waals surface area contributed by atoms with E-state index in [4.69, 9.17) is 16.3 Å². The van der Waals surface area contributed by atoms with Gasteiger partial charge in [-0.15, -0.1) is 11.6 Å². The number of nitrogens with zero attached hydrogens (tertiary/aromatic N) is 3. The van der Waals surface area contributed by atoms with Crippen LogP contribution in [-0.2, 0) is 5.88 Å². The van der Waals surface area contributed by atoms with Gasteiger partial charge in [0.1, 0.15) is 11.3 Å². The van der Waals surface area contributed by atoms with Crippen LogP contribution in [0.15, 0.2) is 30.3 Å². The fourth-order valence-electron chi connectivity index (χ4n) is 2.42. The van der Waals surface area contributed by atoms with E-state index in [9.17, 15) is 0 Å². The molecular weight excluding hydrogens is 286 g/mol. The number of methoxy groups -OCH3 is 1. The molecule has 0 aliphatic heterocycles. The zero-order chi connectivity index (χ0) is 15.0. The number of aromatic nitrogens is 3. The monoisotopic (exact) mass is 301 g/mol. The number of fused-ring (bicyclic) bond motifs is 1. The van der Waals surface area contributed by atoms with E-state index < -0.39 is 0 Å². The number of halogens is 1. The standard InChI is InChI=1S/C16H16ClN3O/c1-10-5-4-6-13(11(10)2)20-14(9-17)18-12-7-8-15(21-3)19-16(12)20/h4-8H,9H2,1-3H3. The Morgan fingerprint density at radius 2 is 1.95 bits per heavy atom. The number of imidazole rings is 1. The molecule has 3 rings (SSSR count). The Bertz CT molecular complexity index is 811. The van der Waals surface area contributed by atoms with E-state index in [0.29, 0.717) is 11.8 Å². The van der Waals surface area contributed by atoms with Gasteiger partial charge in [-0.05, 0) is 37.1 Å². The third-order valence-electron chi connectivity index (χ3n) is 3.69. The summed E-state index contributed by atoms with van der Waals surface area (Å²) < 4.78 is 7.23. The quantitative estimate of drug-likeness (QED) is 0.691. The summed E-state index contributed by atoms with van der Waals surface area (Å²) >= 11 is 6.08. The van der Waals surface area contributed by atoms with Crippen LogP contribution in [0.1, 0.15) is 17.0 Å². The van der Waals surface area contributed by atoms with Crippen molar-refractivity contribution in [2.24, 2.45) is 0 Å². The zero-order valence-corrected chi connectivity index (χ0v) is 13.0. The Labute approximate surface area is 128 Å². The van der Waals surface area contributed by atoms with Gasteiger partial charge < -0.3 is 4.74 Å². The number of rotatable bonds is 3. The summed E-state index contributed by atoms with van der Waals surface area (Å²) in [6.07, 6.45) is 0. The minimum absolute atomic E-state index is 0.325. The van der Waals surface area contributed by atoms with Gasteiger partial charge in [-0.2, -0.15) is 4.98 Å². The zero-order valence-electron chi connectivity index (χ0n) is 12.2. The summed E-state index contributed by atoms with van der Waals surface area (Å²) in [5, 5.41) is 0. The summed E-state index contributed by atoms with van der Waals surface area (Å²) in [6, 6.07) is 9.88. The predicted molar refractivity (Wildman–Crippen MR) is 84.4 cm³/mol. The highest BCUT2D eigenvalue weighted by atomic mass is 35.5. The number of ether oxygens (including phenoxy) is 1. The molecule has 2 aromatic heterocycles. The molecule has 5 heteroatoms. The molecule has 4 nitrogen and oxygen atoms in total. The van der Waals surface area contributed by atoms with Crippen molar-refractivity contribution in [1.29, 1.82) is 0 Å². The number of alkyl halides is 1. The molecule has 0 aliphatic carbocycles. The molecule has 2 heterocycles. The van der Waals surface area contributed by atoms with E-state index in [0.717, 1.165) is 22.7 Å². The summed E-state index contributed by atoms with van der Waals surface area (Å²) in [4.78, 5) is 9.10. The van der Waals surface area contributed by atoms with Crippen LogP contribution in [0.2, 0.25) is 0 Å². The Balaban J connectivity index is 2.36. The summed E-state index contributed by atoms with van der Waals surface area (Å²) in [5.41, 5.74) is 5.03. The molecule has 0 bridgehead atoms. The number of benzene rings is 1. The molecule has 0 fully saturated rings. The Morgan fingerprint density at radius 3 is 2.67 bits per heavy atom. The predicted octanol–water partition coefficient (Wildman–Crippen LogP) is 3.78. The van der Waals surface area contributed by atoms with Gasteiger partial charge in [-0.3, -0.25) is 4.57 Å². The van der Waals surface area contributed by atoms with Gasteiger partial charge in [0.05, 0.1) is 18.7 Å². The molecule has 3 aromatic rings. The lowest BCUT2D eigenvalue weighted by atomic mass is 10.1. The summed E-state index contributed by atoms with van der Waals surface area (Å²) in [5.74, 6) is 1.67. The Morgan fingerprint density at radius 1 is 1.14 bits per heavy atom. The summed E-state index contributed by atoms with van der Waals surface area (Å²) in [7, 11) is 1.61. The van der Waals surface area contributed by atoms with Crippen LogP contribution in [0.3, 0.4) is 0 Å². The summed E-state index contributed by atoms with van der Waals surface area (Å²) in [6.45, 7) is 4.18. The first-order chi connectivity index (χ1) is 10.2. The molecule has 1 aromatic carbocycles. The molecule has 108 valence electrons. The average molecular weight is 302 g/mol. The highest BCUT2D eigenvalue weighted by Crippen LogP contribution is 2.26. The molecule has 21 heavy (non-hydrogen) atoms. The lowest BCUT2D eigenvalue weighted by Crippen LogP contribution is -2.03. The molecule has 0 atom stereocenters. The van der Waals surface area contributed by atoms with Gasteiger partial charge >= 0.3 is 0 Å². The Kier molecular flexibility index (Phi) is 3.55. The van der Waals surface area contributed by atoms with Crippen molar-refractivity contribution in [1.82, 2.24) is 14.5 Å². The number of aryl methyl sites for hydroxylation is 1. The molecule has 0 amide bonds. The molecule has 0 spiro atoms. The topological polar surface area (TPSA) is 39.9 Å². The van der Waals surface area contributed by atoms with Crippen molar-refractivity contribution in [3.63, 3.8) is 0 Å². The molecule has 0 aliphatic rings. The van der Waals surface area contributed by atoms with Gasteiger partial charge in [0.15, 0.2) is 5.65 Å². The van der Waals surface area contributed by atoms with E-state index >= 15 is 0 Å². The number of hydrogen-bond acceptors (Lipinski definition) is 3. The van der Waals surface area contributed by atoms with Gasteiger partial charge in [0.2, 0.25) is 5.88 Å². The molecule has 0 unspecified atom stereocenters. The van der Waals surface area contributed by atoms with Crippen molar-refractivity contribution in [3.05, 3.63) is 47.3 Å². The highest BCUT2D eigenvalue weighted by Gasteiger charge is 2.15. The van der Waals surface area contributed by atoms with Crippen LogP contribution in [0.5, 0.6) is 5.88 Å². The molecule has 0 saturated carbocycles. The third kappa shape index (κ3) is 2.25. The number of pyridine rings is 1. The molecule has 0 saturated heterocycles. The maximum Gasteiger partial charge on any atom is 0.215 e. The van der Waals surface area contributed by atoms with Crippen molar-refractivity contribution in [3.8, 4) is 11.6 Å². The largest absolute Gasteiger partial charge is 0.481 e.